The van der Waals surface area contributed by atoms with E-state index in [0.717, 1.165) is 13.0 Å². The Morgan fingerprint density at radius 1 is 1.28 bits per heavy atom. The summed E-state index contributed by atoms with van der Waals surface area (Å²) in [6, 6.07) is 0.312. The van der Waals surface area contributed by atoms with Gasteiger partial charge in [0, 0.05) is 19.3 Å². The topological polar surface area (TPSA) is 47.6 Å². The Labute approximate surface area is 110 Å². The van der Waals surface area contributed by atoms with E-state index in [0.29, 0.717) is 31.6 Å². The largest absolute Gasteiger partial charge is 0.465 e. The van der Waals surface area contributed by atoms with Gasteiger partial charge in [0.2, 0.25) is 0 Å². The Balaban J connectivity index is 2.16. The first-order chi connectivity index (χ1) is 8.63. The van der Waals surface area contributed by atoms with Gasteiger partial charge in [0.25, 0.3) is 0 Å². The third-order valence-corrected chi connectivity index (χ3v) is 2.98. The number of hydrogen-bond donors (Lipinski definition) is 1. The van der Waals surface area contributed by atoms with Crippen molar-refractivity contribution in [2.24, 2.45) is 5.92 Å². The lowest BCUT2D eigenvalue weighted by atomic mass is 10.1. The molecule has 1 N–H and O–H groups in total. The molecule has 0 radical (unpaired) electrons. The number of nitrogens with one attached hydrogen (secondary N) is 1. The summed E-state index contributed by atoms with van der Waals surface area (Å²) in [6.45, 7) is 8.03. The number of esters is 1. The van der Waals surface area contributed by atoms with Crippen molar-refractivity contribution >= 4 is 5.97 Å². The maximum atomic E-state index is 11.7. The zero-order valence-electron chi connectivity index (χ0n) is 11.9. The Morgan fingerprint density at radius 3 is 2.50 bits per heavy atom. The van der Waals surface area contributed by atoms with Crippen LogP contribution in [0, 0.1) is 5.92 Å². The monoisotopic (exact) mass is 257 g/mol. The predicted octanol–water partition coefficient (Wildman–Crippen LogP) is 2.12. The fourth-order valence-corrected chi connectivity index (χ4v) is 1.67. The molecule has 4 nitrogen and oxygen atoms in total. The van der Waals surface area contributed by atoms with Crippen LogP contribution < -0.4 is 5.32 Å². The second-order valence-corrected chi connectivity index (χ2v) is 5.33. The molecule has 0 amide bonds. The molecule has 0 aromatic heterocycles. The van der Waals surface area contributed by atoms with Crippen molar-refractivity contribution < 1.29 is 14.3 Å². The summed E-state index contributed by atoms with van der Waals surface area (Å²) in [5, 5.41) is 3.32. The van der Waals surface area contributed by atoms with Crippen molar-refractivity contribution in [1.82, 2.24) is 5.32 Å². The van der Waals surface area contributed by atoms with Crippen LogP contribution in [0.1, 0.15) is 46.5 Å². The lowest BCUT2D eigenvalue weighted by Crippen LogP contribution is -2.40. The van der Waals surface area contributed by atoms with Gasteiger partial charge in [-0.3, -0.25) is 4.79 Å². The highest BCUT2D eigenvalue weighted by atomic mass is 16.5. The summed E-state index contributed by atoms with van der Waals surface area (Å²) >= 11 is 0. The fraction of sp³-hybridized carbons (Fsp3) is 0.929. The summed E-state index contributed by atoms with van der Waals surface area (Å²) in [5.41, 5.74) is 0. The first kappa shape index (κ1) is 15.4. The van der Waals surface area contributed by atoms with Gasteiger partial charge in [-0.05, 0) is 38.5 Å². The van der Waals surface area contributed by atoms with E-state index >= 15 is 0 Å². The van der Waals surface area contributed by atoms with Gasteiger partial charge in [-0.1, -0.05) is 13.8 Å². The minimum absolute atomic E-state index is 0.142. The zero-order chi connectivity index (χ0) is 13.4. The maximum Gasteiger partial charge on any atom is 0.323 e. The lowest BCUT2D eigenvalue weighted by molar-refractivity contribution is -0.146. The fourth-order valence-electron chi connectivity index (χ4n) is 1.67. The molecular formula is C14H27NO3. The van der Waals surface area contributed by atoms with Crippen LogP contribution in [0.5, 0.6) is 0 Å². The van der Waals surface area contributed by atoms with E-state index in [1.807, 2.05) is 6.92 Å². The average Bonchev–Trinajstić information content (AvgIpc) is 3.11. The predicted molar refractivity (Wildman–Crippen MR) is 71.5 cm³/mol. The van der Waals surface area contributed by atoms with E-state index in [4.69, 9.17) is 9.47 Å². The molecule has 18 heavy (non-hydrogen) atoms. The zero-order valence-corrected chi connectivity index (χ0v) is 11.9. The Bertz CT molecular complexity index is 239. The molecule has 0 bridgehead atoms. The van der Waals surface area contributed by atoms with Crippen LogP contribution >= 0.6 is 0 Å². The van der Waals surface area contributed by atoms with E-state index in [9.17, 15) is 4.79 Å². The highest BCUT2D eigenvalue weighted by molar-refractivity contribution is 5.75. The molecule has 1 saturated carbocycles. The van der Waals surface area contributed by atoms with Gasteiger partial charge < -0.3 is 14.8 Å². The first-order valence-corrected chi connectivity index (χ1v) is 7.14. The standard InChI is InChI=1S/C14H27NO3/c1-4-18-14(16)13(15-12-5-6-12)8-10-17-9-7-11(2)3/h11-13,15H,4-10H2,1-3H3. The van der Waals surface area contributed by atoms with Gasteiger partial charge in [-0.15, -0.1) is 0 Å². The first-order valence-electron chi connectivity index (χ1n) is 7.14. The average molecular weight is 257 g/mol. The van der Waals surface area contributed by atoms with Crippen LogP contribution in [0.3, 0.4) is 0 Å². The van der Waals surface area contributed by atoms with E-state index in [1.165, 1.54) is 12.8 Å². The van der Waals surface area contributed by atoms with Crippen LogP contribution in [-0.4, -0.2) is 37.9 Å². The highest BCUT2D eigenvalue weighted by Crippen LogP contribution is 2.20. The normalized spacial score (nSPS) is 16.9. The van der Waals surface area contributed by atoms with Gasteiger partial charge in [-0.2, -0.15) is 0 Å². The molecular weight excluding hydrogens is 230 g/mol. The van der Waals surface area contributed by atoms with Gasteiger partial charge in [0.05, 0.1) is 6.61 Å². The molecule has 1 atom stereocenters. The molecule has 106 valence electrons. The lowest BCUT2D eigenvalue weighted by Gasteiger charge is -2.17. The van der Waals surface area contributed by atoms with Crippen molar-refractivity contribution in [1.29, 1.82) is 0 Å². The summed E-state index contributed by atoms with van der Waals surface area (Å²) < 4.78 is 10.6. The van der Waals surface area contributed by atoms with Gasteiger partial charge in [-0.25, -0.2) is 0 Å². The van der Waals surface area contributed by atoms with E-state index in [2.05, 4.69) is 19.2 Å². The van der Waals surface area contributed by atoms with Crippen LogP contribution in [0.15, 0.2) is 0 Å². The van der Waals surface area contributed by atoms with Gasteiger partial charge >= 0.3 is 5.97 Å². The van der Waals surface area contributed by atoms with E-state index in [1.54, 1.807) is 0 Å². The molecule has 0 heterocycles. The van der Waals surface area contributed by atoms with Crippen molar-refractivity contribution in [3.63, 3.8) is 0 Å². The summed E-state index contributed by atoms with van der Waals surface area (Å²) in [7, 11) is 0. The quantitative estimate of drug-likeness (QED) is 0.481. The molecule has 1 aliphatic carbocycles. The SMILES string of the molecule is CCOC(=O)C(CCOCCC(C)C)NC1CC1. The molecule has 0 saturated heterocycles. The number of hydrogen-bond acceptors (Lipinski definition) is 4. The number of carbonyl (C=O) groups excluding carboxylic acids is 1. The number of rotatable bonds is 10. The van der Waals surface area contributed by atoms with E-state index < -0.39 is 0 Å². The molecule has 1 rings (SSSR count). The van der Waals surface area contributed by atoms with Gasteiger partial charge in [0.15, 0.2) is 0 Å². The Kier molecular flexibility index (Phi) is 7.28. The third kappa shape index (κ3) is 6.97. The van der Waals surface area contributed by atoms with Crippen molar-refractivity contribution in [3.8, 4) is 0 Å². The number of ether oxygens (including phenoxy) is 2. The molecule has 0 aliphatic heterocycles. The molecule has 0 aromatic rings. The van der Waals surface area contributed by atoms with Crippen molar-refractivity contribution in [3.05, 3.63) is 0 Å². The summed E-state index contributed by atoms with van der Waals surface area (Å²) in [6.07, 6.45) is 4.11. The second-order valence-electron chi connectivity index (χ2n) is 5.33. The maximum absolute atomic E-state index is 11.7. The minimum Gasteiger partial charge on any atom is -0.465 e. The third-order valence-electron chi connectivity index (χ3n) is 2.98. The molecule has 1 aliphatic rings. The van der Waals surface area contributed by atoms with E-state index in [-0.39, 0.29) is 12.0 Å². The second kappa shape index (κ2) is 8.48. The highest BCUT2D eigenvalue weighted by Gasteiger charge is 2.28. The van der Waals surface area contributed by atoms with Gasteiger partial charge in [0.1, 0.15) is 6.04 Å². The van der Waals surface area contributed by atoms with Crippen LogP contribution in [0.4, 0.5) is 0 Å². The number of carbonyl (C=O) groups is 1. The molecule has 4 heteroatoms. The van der Waals surface area contributed by atoms with Crippen LogP contribution in [-0.2, 0) is 14.3 Å². The van der Waals surface area contributed by atoms with Crippen LogP contribution in [0.2, 0.25) is 0 Å². The molecule has 1 fully saturated rings. The smallest absolute Gasteiger partial charge is 0.323 e. The summed E-state index contributed by atoms with van der Waals surface area (Å²) in [5.74, 6) is 0.521. The summed E-state index contributed by atoms with van der Waals surface area (Å²) in [4.78, 5) is 11.7. The molecule has 0 spiro atoms. The van der Waals surface area contributed by atoms with Crippen molar-refractivity contribution in [2.75, 3.05) is 19.8 Å². The Hall–Kier alpha value is -0.610. The molecule has 0 aromatic carbocycles. The van der Waals surface area contributed by atoms with Crippen molar-refractivity contribution in [2.45, 2.75) is 58.5 Å². The minimum atomic E-state index is -0.198. The van der Waals surface area contributed by atoms with Crippen LogP contribution in [0.25, 0.3) is 0 Å². The molecule has 1 unspecified atom stereocenters. The Morgan fingerprint density at radius 2 is 1.94 bits per heavy atom.